The van der Waals surface area contributed by atoms with Crippen LogP contribution < -0.4 is 21.3 Å². The summed E-state index contributed by atoms with van der Waals surface area (Å²) in [5, 5.41) is 35.6. The second kappa shape index (κ2) is 11.2. The molecule has 0 spiro atoms. The first-order chi connectivity index (χ1) is 19.6. The van der Waals surface area contributed by atoms with Gasteiger partial charge in [0.05, 0.1) is 0 Å². The van der Waals surface area contributed by atoms with Crippen LogP contribution in [0.25, 0.3) is 0 Å². The summed E-state index contributed by atoms with van der Waals surface area (Å²) in [6, 6.07) is 7.84. The van der Waals surface area contributed by atoms with Gasteiger partial charge in [0.15, 0.2) is 0 Å². The Morgan fingerprint density at radius 3 is 1.42 bits per heavy atom. The van der Waals surface area contributed by atoms with Gasteiger partial charge in [0.2, 0.25) is 17.8 Å². The van der Waals surface area contributed by atoms with Gasteiger partial charge in [-0.25, -0.2) is 0 Å². The van der Waals surface area contributed by atoms with E-state index < -0.39 is 0 Å². The zero-order valence-electron chi connectivity index (χ0n) is 28.0. The Kier molecular flexibility index (Phi) is 8.39. The maximum absolute atomic E-state index is 10.8. The SMILES string of the molecule is Cc1cc(Nc2nc(Nc3cc(C)c(O)c(C(C)(C)C)c3)nc(NC3CC(C)(C)NC(C)(C)C3)n2)cc(C(C)(C)C)c1O. The molecule has 0 amide bonds. The normalized spacial score (nSPS) is 17.0. The first-order valence-electron chi connectivity index (χ1n) is 15.2. The molecule has 43 heavy (non-hydrogen) atoms. The zero-order valence-corrected chi connectivity index (χ0v) is 28.0. The summed E-state index contributed by atoms with van der Waals surface area (Å²) < 4.78 is 0. The molecule has 0 aliphatic carbocycles. The Balaban J connectivity index is 1.75. The quantitative estimate of drug-likeness (QED) is 0.160. The van der Waals surface area contributed by atoms with E-state index in [0.717, 1.165) is 46.5 Å². The number of rotatable bonds is 6. The third kappa shape index (κ3) is 7.88. The predicted molar refractivity (Wildman–Crippen MR) is 177 cm³/mol. The van der Waals surface area contributed by atoms with Crippen molar-refractivity contribution in [3.8, 4) is 11.5 Å². The molecule has 0 saturated carbocycles. The molecule has 1 aliphatic rings. The van der Waals surface area contributed by atoms with E-state index in [4.69, 9.17) is 15.0 Å². The van der Waals surface area contributed by atoms with Crippen molar-refractivity contribution in [3.05, 3.63) is 46.5 Å². The summed E-state index contributed by atoms with van der Waals surface area (Å²) in [5.74, 6) is 1.82. The average molecular weight is 590 g/mol. The van der Waals surface area contributed by atoms with Crippen LogP contribution in [0, 0.1) is 13.8 Å². The molecule has 3 aromatic rings. The summed E-state index contributed by atoms with van der Waals surface area (Å²) in [5.41, 5.74) is 4.20. The number of benzene rings is 2. The first kappa shape index (κ1) is 32.3. The third-order valence-corrected chi connectivity index (χ3v) is 7.89. The van der Waals surface area contributed by atoms with E-state index >= 15 is 0 Å². The molecule has 234 valence electrons. The summed E-state index contributed by atoms with van der Waals surface area (Å²) in [6.07, 6.45) is 1.82. The lowest BCUT2D eigenvalue weighted by Crippen LogP contribution is -2.60. The molecule has 0 radical (unpaired) electrons. The zero-order chi connectivity index (χ0) is 32.1. The largest absolute Gasteiger partial charge is 0.507 e. The van der Waals surface area contributed by atoms with Gasteiger partial charge < -0.3 is 31.5 Å². The van der Waals surface area contributed by atoms with Gasteiger partial charge in [-0.15, -0.1) is 0 Å². The number of aromatic nitrogens is 3. The first-order valence-corrected chi connectivity index (χ1v) is 15.2. The van der Waals surface area contributed by atoms with Crippen LogP contribution in [0.15, 0.2) is 24.3 Å². The van der Waals surface area contributed by atoms with Crippen LogP contribution in [0.5, 0.6) is 11.5 Å². The standard InChI is InChI=1S/C34H51N7O2/c1-19-13-21(15-24(26(19)42)31(3,4)5)35-28-38-29(36-22-14-20(2)27(43)25(16-22)32(6,7)8)40-30(39-28)37-23-17-33(9,10)41-34(11,12)18-23/h13-16,23,41-43H,17-18H2,1-12H3,(H3,35,36,37,38,39,40). The Bertz CT molecular complexity index is 1390. The molecular formula is C34H51N7O2. The fraction of sp³-hybridized carbons (Fsp3) is 0.559. The summed E-state index contributed by atoms with van der Waals surface area (Å²) >= 11 is 0. The Morgan fingerprint density at radius 2 is 1.05 bits per heavy atom. The fourth-order valence-corrected chi connectivity index (χ4v) is 6.26. The minimum absolute atomic E-state index is 0.0472. The Labute approximate surface area is 257 Å². The van der Waals surface area contributed by atoms with Crippen molar-refractivity contribution < 1.29 is 10.2 Å². The number of hydrogen-bond acceptors (Lipinski definition) is 9. The van der Waals surface area contributed by atoms with Crippen molar-refractivity contribution in [2.24, 2.45) is 0 Å². The van der Waals surface area contributed by atoms with Gasteiger partial charge in [-0.2, -0.15) is 15.0 Å². The minimum atomic E-state index is -0.249. The van der Waals surface area contributed by atoms with Crippen LogP contribution in [0.2, 0.25) is 0 Å². The second-order valence-electron chi connectivity index (χ2n) is 15.6. The van der Waals surface area contributed by atoms with Gasteiger partial charge in [-0.05, 0) is 101 Å². The van der Waals surface area contributed by atoms with E-state index in [0.29, 0.717) is 29.3 Å². The van der Waals surface area contributed by atoms with E-state index in [1.807, 2.05) is 38.1 Å². The number of phenolic OH excluding ortho intramolecular Hbond substituents is 2. The maximum atomic E-state index is 10.8. The number of hydrogen-bond donors (Lipinski definition) is 6. The number of anilines is 5. The molecule has 0 atom stereocenters. The van der Waals surface area contributed by atoms with Crippen LogP contribution in [0.3, 0.4) is 0 Å². The maximum Gasteiger partial charge on any atom is 0.233 e. The molecule has 1 aromatic heterocycles. The molecular weight excluding hydrogens is 538 g/mol. The number of piperidine rings is 1. The van der Waals surface area contributed by atoms with Gasteiger partial charge >= 0.3 is 0 Å². The summed E-state index contributed by atoms with van der Waals surface area (Å²) in [6.45, 7) is 25.1. The van der Waals surface area contributed by atoms with Crippen LogP contribution in [-0.2, 0) is 10.8 Å². The van der Waals surface area contributed by atoms with Gasteiger partial charge in [-0.3, -0.25) is 0 Å². The van der Waals surface area contributed by atoms with E-state index in [2.05, 4.69) is 90.5 Å². The highest BCUT2D eigenvalue weighted by Gasteiger charge is 2.38. The molecule has 9 nitrogen and oxygen atoms in total. The Morgan fingerprint density at radius 1 is 0.674 bits per heavy atom. The van der Waals surface area contributed by atoms with Gasteiger partial charge in [0.1, 0.15) is 11.5 Å². The lowest BCUT2D eigenvalue weighted by atomic mass is 9.80. The molecule has 1 saturated heterocycles. The van der Waals surface area contributed by atoms with Crippen molar-refractivity contribution in [1.82, 2.24) is 20.3 Å². The van der Waals surface area contributed by atoms with Crippen molar-refractivity contribution in [1.29, 1.82) is 0 Å². The number of nitrogens with zero attached hydrogens (tertiary/aromatic N) is 3. The van der Waals surface area contributed by atoms with E-state index in [1.54, 1.807) is 0 Å². The van der Waals surface area contributed by atoms with E-state index in [1.165, 1.54) is 0 Å². The summed E-state index contributed by atoms with van der Waals surface area (Å²) in [7, 11) is 0. The van der Waals surface area contributed by atoms with Crippen molar-refractivity contribution in [2.45, 2.75) is 124 Å². The fourth-order valence-electron chi connectivity index (χ4n) is 6.26. The van der Waals surface area contributed by atoms with Crippen molar-refractivity contribution in [2.75, 3.05) is 16.0 Å². The lowest BCUT2D eigenvalue weighted by molar-refractivity contribution is 0.170. The van der Waals surface area contributed by atoms with Gasteiger partial charge in [0, 0.05) is 39.6 Å². The van der Waals surface area contributed by atoms with Crippen molar-refractivity contribution in [3.63, 3.8) is 0 Å². The number of nitrogens with one attached hydrogen (secondary N) is 4. The highest BCUT2D eigenvalue weighted by molar-refractivity contribution is 5.65. The molecule has 0 bridgehead atoms. The third-order valence-electron chi connectivity index (χ3n) is 7.89. The Hall–Kier alpha value is -3.59. The van der Waals surface area contributed by atoms with Crippen LogP contribution in [-0.4, -0.2) is 42.3 Å². The molecule has 6 N–H and O–H groups in total. The minimum Gasteiger partial charge on any atom is -0.507 e. The smallest absolute Gasteiger partial charge is 0.233 e. The highest BCUT2D eigenvalue weighted by atomic mass is 16.3. The van der Waals surface area contributed by atoms with Crippen molar-refractivity contribution >= 4 is 29.2 Å². The van der Waals surface area contributed by atoms with Crippen LogP contribution in [0.4, 0.5) is 29.2 Å². The molecule has 1 aliphatic heterocycles. The predicted octanol–water partition coefficient (Wildman–Crippen LogP) is 7.70. The number of aryl methyl sites for hydroxylation is 2. The lowest BCUT2D eigenvalue weighted by Gasteiger charge is -2.46. The van der Waals surface area contributed by atoms with Crippen LogP contribution >= 0.6 is 0 Å². The number of aromatic hydroxyl groups is 2. The molecule has 2 aromatic carbocycles. The number of phenols is 2. The molecule has 2 heterocycles. The molecule has 4 rings (SSSR count). The molecule has 0 unspecified atom stereocenters. The highest BCUT2D eigenvalue weighted by Crippen LogP contribution is 2.38. The average Bonchev–Trinajstić information content (AvgIpc) is 2.79. The van der Waals surface area contributed by atoms with Gasteiger partial charge in [-0.1, -0.05) is 41.5 Å². The van der Waals surface area contributed by atoms with E-state index in [9.17, 15) is 10.2 Å². The van der Waals surface area contributed by atoms with E-state index in [-0.39, 0.29) is 27.9 Å². The van der Waals surface area contributed by atoms with Gasteiger partial charge in [0.25, 0.3) is 0 Å². The van der Waals surface area contributed by atoms with Crippen LogP contribution in [0.1, 0.15) is 104 Å². The monoisotopic (exact) mass is 589 g/mol. The summed E-state index contributed by atoms with van der Waals surface area (Å²) in [4.78, 5) is 14.3. The molecule has 9 heteroatoms. The molecule has 1 fully saturated rings. The second-order valence-corrected chi connectivity index (χ2v) is 15.6. The topological polar surface area (TPSA) is 127 Å².